The third-order valence-corrected chi connectivity index (χ3v) is 2.91. The fourth-order valence-corrected chi connectivity index (χ4v) is 1.93. The Kier molecular flexibility index (Phi) is 4.77. The molecule has 0 aliphatic carbocycles. The number of halogens is 1. The molecule has 0 atom stereocenters. The zero-order valence-corrected chi connectivity index (χ0v) is 11.6. The largest absolute Gasteiger partial charge is 0.492 e. The Labute approximate surface area is 122 Å². The third-order valence-electron chi connectivity index (χ3n) is 2.91. The first-order valence-corrected chi connectivity index (χ1v) is 6.53. The number of rotatable bonds is 6. The van der Waals surface area contributed by atoms with Crippen molar-refractivity contribution in [2.75, 3.05) is 18.5 Å². The summed E-state index contributed by atoms with van der Waals surface area (Å²) in [5.74, 6) is -1.04. The monoisotopic (exact) mass is 289 g/mol. The number of carboxylic acid groups (broad SMARTS) is 1. The molecule has 0 fully saturated rings. The Hall–Kier alpha value is -2.56. The number of hydrogen-bond acceptors (Lipinski definition) is 3. The minimum Gasteiger partial charge on any atom is -0.492 e. The van der Waals surface area contributed by atoms with Gasteiger partial charge in [0.1, 0.15) is 18.2 Å². The molecule has 0 spiro atoms. The van der Waals surface area contributed by atoms with Gasteiger partial charge in [-0.25, -0.2) is 9.18 Å². The lowest BCUT2D eigenvalue weighted by atomic mass is 10.1. The number of benzene rings is 2. The molecule has 0 saturated carbocycles. The molecular formula is C16H16FNO3. The molecule has 110 valence electrons. The highest BCUT2D eigenvalue weighted by Gasteiger charge is 2.13. The van der Waals surface area contributed by atoms with E-state index in [4.69, 9.17) is 9.84 Å². The zero-order valence-electron chi connectivity index (χ0n) is 11.6. The predicted molar refractivity (Wildman–Crippen MR) is 78.5 cm³/mol. The number of aromatic carboxylic acids is 1. The lowest BCUT2D eigenvalue weighted by molar-refractivity contribution is 0.0697. The number of para-hydroxylation sites is 1. The number of nitrogens with one attached hydrogen (secondary N) is 1. The van der Waals surface area contributed by atoms with E-state index in [1.807, 2.05) is 31.2 Å². The highest BCUT2D eigenvalue weighted by molar-refractivity contribution is 5.94. The molecule has 2 rings (SSSR count). The van der Waals surface area contributed by atoms with Crippen molar-refractivity contribution < 1.29 is 19.0 Å². The Bertz CT molecular complexity index is 643. The first-order chi connectivity index (χ1) is 10.1. The zero-order chi connectivity index (χ0) is 15.2. The van der Waals surface area contributed by atoms with Crippen LogP contribution < -0.4 is 10.1 Å². The van der Waals surface area contributed by atoms with Crippen LogP contribution in [0.1, 0.15) is 15.9 Å². The minimum atomic E-state index is -1.17. The van der Waals surface area contributed by atoms with E-state index >= 15 is 0 Å². The summed E-state index contributed by atoms with van der Waals surface area (Å²) in [6.45, 7) is 2.57. The number of anilines is 1. The summed E-state index contributed by atoms with van der Waals surface area (Å²) in [5.41, 5.74) is 0.978. The van der Waals surface area contributed by atoms with Crippen molar-refractivity contribution in [3.63, 3.8) is 0 Å². The van der Waals surface area contributed by atoms with E-state index < -0.39 is 11.8 Å². The minimum absolute atomic E-state index is 0.0159. The van der Waals surface area contributed by atoms with Crippen LogP contribution in [0.15, 0.2) is 42.5 Å². The number of carboxylic acids is 1. The molecule has 0 bridgehead atoms. The molecule has 0 radical (unpaired) electrons. The molecular weight excluding hydrogens is 273 g/mol. The smallest absolute Gasteiger partial charge is 0.337 e. The van der Waals surface area contributed by atoms with Gasteiger partial charge in [-0.3, -0.25) is 0 Å². The average Bonchev–Trinajstić information content (AvgIpc) is 2.44. The number of hydrogen-bond donors (Lipinski definition) is 2. The molecule has 2 N–H and O–H groups in total. The summed E-state index contributed by atoms with van der Waals surface area (Å²) in [4.78, 5) is 11.0. The number of ether oxygens (including phenoxy) is 1. The van der Waals surface area contributed by atoms with E-state index in [1.165, 1.54) is 18.2 Å². The van der Waals surface area contributed by atoms with Crippen LogP contribution in [-0.2, 0) is 0 Å². The second-order valence-electron chi connectivity index (χ2n) is 4.56. The number of aryl methyl sites for hydroxylation is 1. The highest BCUT2D eigenvalue weighted by Crippen LogP contribution is 2.19. The average molecular weight is 289 g/mol. The summed E-state index contributed by atoms with van der Waals surface area (Å²) >= 11 is 0. The van der Waals surface area contributed by atoms with Crippen molar-refractivity contribution in [3.05, 3.63) is 59.4 Å². The van der Waals surface area contributed by atoms with Crippen LogP contribution in [-0.4, -0.2) is 24.2 Å². The predicted octanol–water partition coefficient (Wildman–Crippen LogP) is 3.32. The Balaban J connectivity index is 1.93. The van der Waals surface area contributed by atoms with E-state index in [0.29, 0.717) is 13.2 Å². The van der Waals surface area contributed by atoms with Gasteiger partial charge in [0.25, 0.3) is 0 Å². The van der Waals surface area contributed by atoms with Crippen LogP contribution in [0.4, 0.5) is 10.1 Å². The van der Waals surface area contributed by atoms with Crippen molar-refractivity contribution in [1.29, 1.82) is 0 Å². The molecule has 0 amide bonds. The molecule has 2 aromatic carbocycles. The van der Waals surface area contributed by atoms with Gasteiger partial charge in [-0.15, -0.1) is 0 Å². The van der Waals surface area contributed by atoms with E-state index in [0.717, 1.165) is 11.3 Å². The van der Waals surface area contributed by atoms with Gasteiger partial charge in [0.05, 0.1) is 11.3 Å². The first-order valence-electron chi connectivity index (χ1n) is 6.53. The van der Waals surface area contributed by atoms with Gasteiger partial charge in [-0.05, 0) is 36.8 Å². The van der Waals surface area contributed by atoms with E-state index in [2.05, 4.69) is 5.32 Å². The summed E-state index contributed by atoms with van der Waals surface area (Å²) in [6.07, 6.45) is 0. The van der Waals surface area contributed by atoms with Gasteiger partial charge in [0.2, 0.25) is 0 Å². The van der Waals surface area contributed by atoms with Crippen LogP contribution in [0.5, 0.6) is 5.75 Å². The summed E-state index contributed by atoms with van der Waals surface area (Å²) in [5, 5.41) is 11.8. The second kappa shape index (κ2) is 6.74. The van der Waals surface area contributed by atoms with Crippen LogP contribution in [0.25, 0.3) is 0 Å². The van der Waals surface area contributed by atoms with Gasteiger partial charge in [0.15, 0.2) is 0 Å². The number of carbonyl (C=O) groups is 1. The van der Waals surface area contributed by atoms with Crippen molar-refractivity contribution in [2.24, 2.45) is 0 Å². The van der Waals surface area contributed by atoms with Crippen LogP contribution in [0.2, 0.25) is 0 Å². The molecule has 0 unspecified atom stereocenters. The fraction of sp³-hybridized carbons (Fsp3) is 0.188. The Morgan fingerprint density at radius 3 is 2.76 bits per heavy atom. The lowest BCUT2D eigenvalue weighted by Crippen LogP contribution is -2.15. The van der Waals surface area contributed by atoms with E-state index in [1.54, 1.807) is 0 Å². The van der Waals surface area contributed by atoms with Crippen LogP contribution in [0.3, 0.4) is 0 Å². The lowest BCUT2D eigenvalue weighted by Gasteiger charge is -2.11. The second-order valence-corrected chi connectivity index (χ2v) is 4.56. The molecule has 4 nitrogen and oxygen atoms in total. The van der Waals surface area contributed by atoms with Crippen LogP contribution >= 0.6 is 0 Å². The maximum Gasteiger partial charge on any atom is 0.337 e. The molecule has 5 heteroatoms. The molecule has 0 saturated heterocycles. The SMILES string of the molecule is Cc1cccc(OCCNc2c(F)cccc2C(=O)O)c1. The molecule has 0 aliphatic rings. The molecule has 0 aromatic heterocycles. The van der Waals surface area contributed by atoms with Gasteiger partial charge in [0, 0.05) is 6.54 Å². The van der Waals surface area contributed by atoms with Crippen LogP contribution in [0, 0.1) is 12.7 Å². The molecule has 21 heavy (non-hydrogen) atoms. The Morgan fingerprint density at radius 2 is 2.05 bits per heavy atom. The summed E-state index contributed by atoms with van der Waals surface area (Å²) < 4.78 is 19.2. The standard InChI is InChI=1S/C16H16FNO3/c1-11-4-2-5-12(10-11)21-9-8-18-15-13(16(19)20)6-3-7-14(15)17/h2-7,10,18H,8-9H2,1H3,(H,19,20). The van der Waals surface area contributed by atoms with E-state index in [9.17, 15) is 9.18 Å². The van der Waals surface area contributed by atoms with Crippen molar-refractivity contribution in [1.82, 2.24) is 0 Å². The van der Waals surface area contributed by atoms with Gasteiger partial charge < -0.3 is 15.2 Å². The molecule has 0 aliphatic heterocycles. The molecule has 2 aromatic rings. The van der Waals surface area contributed by atoms with Crippen molar-refractivity contribution in [3.8, 4) is 5.75 Å². The summed E-state index contributed by atoms with van der Waals surface area (Å²) in [7, 11) is 0. The maximum atomic E-state index is 13.6. The topological polar surface area (TPSA) is 58.6 Å². The van der Waals surface area contributed by atoms with Gasteiger partial charge in [-0.1, -0.05) is 18.2 Å². The summed E-state index contributed by atoms with van der Waals surface area (Å²) in [6, 6.07) is 11.5. The normalized spacial score (nSPS) is 10.2. The van der Waals surface area contributed by atoms with Gasteiger partial charge in [-0.2, -0.15) is 0 Å². The van der Waals surface area contributed by atoms with Crippen molar-refractivity contribution in [2.45, 2.75) is 6.92 Å². The first kappa shape index (κ1) is 14.8. The highest BCUT2D eigenvalue weighted by atomic mass is 19.1. The van der Waals surface area contributed by atoms with E-state index in [-0.39, 0.29) is 11.3 Å². The quantitative estimate of drug-likeness (QED) is 0.801. The molecule has 0 heterocycles. The van der Waals surface area contributed by atoms with Crippen molar-refractivity contribution >= 4 is 11.7 Å². The fourth-order valence-electron chi connectivity index (χ4n) is 1.93. The maximum absolute atomic E-state index is 13.6. The third kappa shape index (κ3) is 3.95. The Morgan fingerprint density at radius 1 is 1.29 bits per heavy atom. The van der Waals surface area contributed by atoms with Gasteiger partial charge >= 0.3 is 5.97 Å².